The van der Waals surface area contributed by atoms with Crippen LogP contribution in [0.3, 0.4) is 0 Å². The van der Waals surface area contributed by atoms with Gasteiger partial charge >= 0.3 is 118 Å². The molecule has 0 aliphatic heterocycles. The molecule has 0 spiro atoms. The molecule has 0 aliphatic rings. The van der Waals surface area contributed by atoms with Crippen LogP contribution < -0.4 is 141 Å². The van der Waals surface area contributed by atoms with Crippen LogP contribution in [0.4, 0.5) is 4.79 Å². The molecule has 0 bridgehead atoms. The Morgan fingerprint density at radius 1 is 0.929 bits per heavy atom. The number of halogens is 1. The van der Waals surface area contributed by atoms with E-state index in [4.69, 9.17) is 40.5 Å². The molecule has 0 amide bonds. The number of aliphatic carboxylic acids is 1. The molecule has 0 saturated carbocycles. The van der Waals surface area contributed by atoms with E-state index in [1.54, 1.807) is 0 Å². The van der Waals surface area contributed by atoms with E-state index < -0.39 is 48.9 Å². The Balaban J connectivity index is -0.0000000282. The van der Waals surface area contributed by atoms with E-state index in [0.717, 1.165) is 6.92 Å². The minimum absolute atomic E-state index is 0. The summed E-state index contributed by atoms with van der Waals surface area (Å²) in [6, 6.07) is 0. The topological polar surface area (TPSA) is 266 Å². The van der Waals surface area contributed by atoms with Crippen molar-refractivity contribution in [3.8, 4) is 0 Å². The van der Waals surface area contributed by atoms with Crippen LogP contribution >= 0.6 is 0 Å². The number of aldehydes is 1. The minimum atomic E-state index is -2.08. The Morgan fingerprint density at radius 2 is 1.18 bits per heavy atom. The van der Waals surface area contributed by atoms with Gasteiger partial charge in [0, 0.05) is 6.92 Å². The van der Waals surface area contributed by atoms with Gasteiger partial charge in [0.05, 0.1) is 6.61 Å². The van der Waals surface area contributed by atoms with Crippen molar-refractivity contribution >= 4 is 24.2 Å². The maximum atomic E-state index is 9.90. The summed E-state index contributed by atoms with van der Waals surface area (Å²) < 4.78 is 0. The molecule has 0 fully saturated rings. The van der Waals surface area contributed by atoms with Crippen molar-refractivity contribution in [1.82, 2.24) is 0 Å². The normalized spacial score (nSPS) is 11.5. The molecular formula is C10H17ClNa4O13. The van der Waals surface area contributed by atoms with Crippen molar-refractivity contribution in [3.63, 3.8) is 0 Å². The molecule has 0 rings (SSSR count). The Morgan fingerprint density at radius 3 is 1.32 bits per heavy atom. The Bertz CT molecular complexity index is 361. The van der Waals surface area contributed by atoms with Gasteiger partial charge in [-0.1, -0.05) is 0 Å². The van der Waals surface area contributed by atoms with Crippen LogP contribution in [0.15, 0.2) is 0 Å². The molecule has 0 aromatic rings. The monoisotopic (exact) mass is 472 g/mol. The molecule has 18 heteroatoms. The Labute approximate surface area is 254 Å². The van der Waals surface area contributed by atoms with Crippen molar-refractivity contribution in [2.75, 3.05) is 6.61 Å². The second-order valence-electron chi connectivity index (χ2n) is 3.47. The summed E-state index contributed by atoms with van der Waals surface area (Å²) in [5.74, 6) is -2.56. The molecule has 0 aliphatic carbocycles. The second-order valence-corrected chi connectivity index (χ2v) is 3.47. The first-order chi connectivity index (χ1) is 9.91. The van der Waals surface area contributed by atoms with E-state index in [9.17, 15) is 19.5 Å². The zero-order valence-corrected chi connectivity index (χ0v) is 24.8. The summed E-state index contributed by atoms with van der Waals surface area (Å²) in [6.45, 7) is 0.180. The fourth-order valence-corrected chi connectivity index (χ4v) is 0.618. The summed E-state index contributed by atoms with van der Waals surface area (Å²) >= 11 is 0. The van der Waals surface area contributed by atoms with Crippen LogP contribution in [0, 0.1) is 0 Å². The minimum Gasteiger partial charge on any atom is -1.00 e. The predicted molar refractivity (Wildman–Crippen MR) is 62.8 cm³/mol. The molecular weight excluding hydrogens is 456 g/mol. The number of ketones is 1. The fraction of sp³-hybridized carbons (Fsp3) is 0.600. The number of hydrogen-bond acceptors (Lipinski definition) is 12. The van der Waals surface area contributed by atoms with Gasteiger partial charge in [-0.2, -0.15) is 0 Å². The van der Waals surface area contributed by atoms with Crippen LogP contribution in [-0.4, -0.2) is 91.3 Å². The molecule has 0 aromatic carbocycles. The third kappa shape index (κ3) is 42.3. The van der Waals surface area contributed by atoms with E-state index in [0.29, 0.717) is 0 Å². The Kier molecular flexibility index (Phi) is 74.6. The molecule has 0 aromatic heterocycles. The van der Waals surface area contributed by atoms with Crippen LogP contribution in [0.5, 0.6) is 0 Å². The van der Waals surface area contributed by atoms with Gasteiger partial charge in [-0.05, 0) is 0 Å². The van der Waals surface area contributed by atoms with Crippen LogP contribution in [0.1, 0.15) is 6.92 Å². The van der Waals surface area contributed by atoms with Gasteiger partial charge in [-0.15, -0.1) is 0 Å². The smallest absolute Gasteiger partial charge is 1.00 e. The third-order valence-electron chi connectivity index (χ3n) is 1.71. The largest absolute Gasteiger partial charge is 1.00 e. The van der Waals surface area contributed by atoms with Crippen molar-refractivity contribution in [3.05, 3.63) is 0 Å². The van der Waals surface area contributed by atoms with E-state index in [1.807, 2.05) is 0 Å². The summed E-state index contributed by atoms with van der Waals surface area (Å²) in [5, 5.41) is 68.1. The SMILES string of the molecule is CC(=O)C(=O)[O-].O=C([O-])O.O=C[C@H](O)[C@@H](O)[C@H](O)[C@H](O)CO.[Cl-].[Na+].[Na+].[Na+].[Na+].[OH-]. The number of carboxylic acids is 1. The summed E-state index contributed by atoms with van der Waals surface area (Å²) in [6.07, 6.45) is -8.92. The zero-order chi connectivity index (χ0) is 18.5. The van der Waals surface area contributed by atoms with E-state index >= 15 is 0 Å². The van der Waals surface area contributed by atoms with Gasteiger partial charge in [-0.3, -0.25) is 4.79 Å². The molecule has 0 heterocycles. The molecule has 0 radical (unpaired) electrons. The molecule has 28 heavy (non-hydrogen) atoms. The fourth-order valence-electron chi connectivity index (χ4n) is 0.618. The van der Waals surface area contributed by atoms with Gasteiger partial charge in [0.15, 0.2) is 12.1 Å². The number of Topliss-reactive ketones (excluding diaryl/α,β-unsaturated/α-hetero) is 1. The number of carboxylic acid groups (broad SMARTS) is 3. The maximum absolute atomic E-state index is 9.90. The standard InChI is InChI=1S/C6H12O6.C3H4O3.CH2O3.ClH.4Na.H2O/c7-1-3(9)5(11)6(12)4(10)2-8;1-2(4)3(5)6;2-1(3)4;;;;;;/h1,3-6,8-12H,2H2;1H3,(H,5,6);(H2,2,3,4);1H;;;;;1H2/q;;;;4*+1;/p-4/t3-,4+,5+,6+;;;;;;;;/m0......../s1. The first-order valence-corrected chi connectivity index (χ1v) is 5.32. The molecule has 4 atom stereocenters. The number of carbonyl (C=O) groups is 4. The second kappa shape index (κ2) is 36.5. The van der Waals surface area contributed by atoms with E-state index in [-0.39, 0.29) is 142 Å². The van der Waals surface area contributed by atoms with Gasteiger partial charge < -0.3 is 73.1 Å². The van der Waals surface area contributed by atoms with Crippen LogP contribution in [0.25, 0.3) is 0 Å². The first kappa shape index (κ1) is 57.3. The maximum Gasteiger partial charge on any atom is 1.00 e. The van der Waals surface area contributed by atoms with Crippen molar-refractivity contribution in [2.24, 2.45) is 0 Å². The first-order valence-electron chi connectivity index (χ1n) is 5.32. The summed E-state index contributed by atoms with van der Waals surface area (Å²) in [4.78, 5) is 37.1. The average Bonchev–Trinajstić information content (AvgIpc) is 2.43. The van der Waals surface area contributed by atoms with Gasteiger partial charge in [0.1, 0.15) is 30.4 Å². The van der Waals surface area contributed by atoms with Gasteiger partial charge in [-0.25, -0.2) is 0 Å². The predicted octanol–water partition coefficient (Wildman–Crippen LogP) is -21.3. The van der Waals surface area contributed by atoms with Crippen molar-refractivity contribution in [2.45, 2.75) is 31.3 Å². The number of rotatable bonds is 6. The molecule has 146 valence electrons. The van der Waals surface area contributed by atoms with Gasteiger partial charge in [0.25, 0.3) is 0 Å². The quantitative estimate of drug-likeness (QED) is 0.119. The number of aliphatic hydroxyl groups is 5. The van der Waals surface area contributed by atoms with Crippen molar-refractivity contribution in [1.29, 1.82) is 0 Å². The third-order valence-corrected chi connectivity index (χ3v) is 1.71. The molecule has 0 saturated heterocycles. The van der Waals surface area contributed by atoms with Gasteiger partial charge in [0.2, 0.25) is 6.16 Å². The number of aliphatic hydroxyl groups excluding tert-OH is 5. The molecule has 7 N–H and O–H groups in total. The summed E-state index contributed by atoms with van der Waals surface area (Å²) in [5.41, 5.74) is 0. The van der Waals surface area contributed by atoms with Crippen LogP contribution in [0.2, 0.25) is 0 Å². The number of carbonyl (C=O) groups excluding carboxylic acids is 3. The van der Waals surface area contributed by atoms with E-state index in [2.05, 4.69) is 0 Å². The van der Waals surface area contributed by atoms with E-state index in [1.165, 1.54) is 0 Å². The molecule has 13 nitrogen and oxygen atoms in total. The number of hydrogen-bond donors (Lipinski definition) is 6. The molecule has 0 unspecified atom stereocenters. The van der Waals surface area contributed by atoms with Crippen LogP contribution in [-0.2, 0) is 14.4 Å². The average molecular weight is 473 g/mol. The van der Waals surface area contributed by atoms with Crippen molar-refractivity contribution < 1.29 is 196 Å². The Hall–Kier alpha value is 2.13. The zero-order valence-electron chi connectivity index (χ0n) is 16.1. The summed E-state index contributed by atoms with van der Waals surface area (Å²) in [7, 11) is 0.